The van der Waals surface area contributed by atoms with Crippen LogP contribution in [0.25, 0.3) is 0 Å². The molecule has 31 heavy (non-hydrogen) atoms. The number of hydrogen-bond acceptors (Lipinski definition) is 0. The van der Waals surface area contributed by atoms with Crippen LogP contribution in [0.2, 0.25) is 0 Å². The van der Waals surface area contributed by atoms with Crippen LogP contribution in [0.4, 0.5) is 11.4 Å². The maximum atomic E-state index is 4.14. The van der Waals surface area contributed by atoms with Crippen molar-refractivity contribution in [1.29, 1.82) is 0 Å². The van der Waals surface area contributed by atoms with Crippen molar-refractivity contribution in [3.05, 3.63) is 58.7 Å². The Balaban J connectivity index is 2.35. The van der Waals surface area contributed by atoms with Crippen LogP contribution in [0, 0.1) is 6.92 Å². The van der Waals surface area contributed by atoms with Crippen molar-refractivity contribution < 1.29 is 9.15 Å². The Morgan fingerprint density at radius 3 is 1.39 bits per heavy atom. The van der Waals surface area contributed by atoms with Gasteiger partial charge in [-0.2, -0.15) is 0 Å². The van der Waals surface area contributed by atoms with E-state index in [1.807, 2.05) is 0 Å². The Kier molecular flexibility index (Phi) is 7.03. The van der Waals surface area contributed by atoms with Crippen LogP contribution in [-0.4, -0.2) is 24.1 Å². The first-order chi connectivity index (χ1) is 14.4. The van der Waals surface area contributed by atoms with Gasteiger partial charge in [0.15, 0.2) is 0 Å². The highest BCUT2D eigenvalue weighted by atomic mass is 79.9. The van der Waals surface area contributed by atoms with E-state index in [0.717, 1.165) is 0 Å². The smallest absolute Gasteiger partial charge is 0.105 e. The lowest BCUT2D eigenvalue weighted by Crippen LogP contribution is -2.35. The van der Waals surface area contributed by atoms with E-state index < -0.39 is 3.48 Å². The van der Waals surface area contributed by atoms with Crippen LogP contribution < -0.4 is 0 Å². The van der Waals surface area contributed by atoms with Crippen molar-refractivity contribution in [1.82, 2.24) is 0 Å². The first-order valence-corrected chi connectivity index (χ1v) is 12.9. The monoisotopic (exact) mass is 546 g/mol. The molecule has 2 aromatic rings. The largest absolute Gasteiger partial charge is 0.472 e. The van der Waals surface area contributed by atoms with Gasteiger partial charge in [0.25, 0.3) is 11.4 Å². The van der Waals surface area contributed by atoms with Gasteiger partial charge in [0.2, 0.25) is 11.4 Å². The lowest BCUT2D eigenvalue weighted by Gasteiger charge is -2.21. The molecule has 1 aliphatic rings. The van der Waals surface area contributed by atoms with Gasteiger partial charge in [-0.1, -0.05) is 77.9 Å². The van der Waals surface area contributed by atoms with Crippen LogP contribution in [0.5, 0.6) is 0 Å². The van der Waals surface area contributed by atoms with Crippen molar-refractivity contribution >= 4 is 54.7 Å². The Bertz CT molecular complexity index is 1050. The average molecular weight is 548 g/mol. The molecule has 0 saturated heterocycles. The molecule has 0 bridgehead atoms. The van der Waals surface area contributed by atoms with E-state index in [-0.39, 0.29) is 0 Å². The number of hydrogen-bond donors (Lipinski definition) is 0. The molecule has 4 heteroatoms. The minimum absolute atomic E-state index is 0.427. The standard InChI is InChI=1S/C27H36Br2N2/c1-16(2)22-13-10-12-19(7)25(22)30-20(8)21(9)31(27(30,28)29)26-23(17(3)4)14-11-15-24(26)18(5)6/h10-18H,1-9H3/q+2. The molecule has 0 aromatic heterocycles. The van der Waals surface area contributed by atoms with Crippen molar-refractivity contribution in [2.24, 2.45) is 0 Å². The molecular formula is C27H36Br2N2+2. The highest BCUT2D eigenvalue weighted by Crippen LogP contribution is 2.48. The number of nitrogens with zero attached hydrogens (tertiary/aromatic N) is 2. The Morgan fingerprint density at radius 2 is 0.968 bits per heavy atom. The van der Waals surface area contributed by atoms with E-state index >= 15 is 0 Å². The summed E-state index contributed by atoms with van der Waals surface area (Å²) in [7, 11) is 0. The van der Waals surface area contributed by atoms with Gasteiger partial charge in [-0.25, -0.2) is 0 Å². The zero-order valence-electron chi connectivity index (χ0n) is 20.3. The second-order valence-corrected chi connectivity index (χ2v) is 12.9. The summed E-state index contributed by atoms with van der Waals surface area (Å²) in [6.45, 7) is 20.4. The van der Waals surface area contributed by atoms with Crippen LogP contribution in [0.3, 0.4) is 0 Å². The minimum atomic E-state index is -0.585. The number of benzene rings is 2. The number of halogens is 2. The lowest BCUT2D eigenvalue weighted by molar-refractivity contribution is -0.672. The molecule has 1 heterocycles. The van der Waals surface area contributed by atoms with E-state index in [1.165, 1.54) is 45.1 Å². The summed E-state index contributed by atoms with van der Waals surface area (Å²) in [4.78, 5) is 0. The molecule has 0 saturated carbocycles. The summed E-state index contributed by atoms with van der Waals surface area (Å²) < 4.78 is 4.29. The predicted molar refractivity (Wildman–Crippen MR) is 142 cm³/mol. The maximum Gasteiger partial charge on any atom is 0.472 e. The lowest BCUT2D eigenvalue weighted by atomic mass is 9.92. The van der Waals surface area contributed by atoms with E-state index in [0.29, 0.717) is 17.8 Å². The number of rotatable bonds is 5. The molecule has 2 nitrogen and oxygen atoms in total. The average Bonchev–Trinajstić information content (AvgIpc) is 2.85. The van der Waals surface area contributed by atoms with Crippen LogP contribution >= 0.6 is 31.9 Å². The molecular weight excluding hydrogens is 512 g/mol. The summed E-state index contributed by atoms with van der Waals surface area (Å²) in [6.07, 6.45) is 0. The highest BCUT2D eigenvalue weighted by molar-refractivity contribution is 9.25. The van der Waals surface area contributed by atoms with Crippen molar-refractivity contribution in [3.8, 4) is 0 Å². The molecule has 166 valence electrons. The molecule has 1 aliphatic heterocycles. The molecule has 0 unspecified atom stereocenters. The predicted octanol–water partition coefficient (Wildman–Crippen LogP) is 8.69. The second-order valence-electron chi connectivity index (χ2n) is 9.61. The fourth-order valence-corrected chi connectivity index (χ4v) is 6.43. The number of alkyl halides is 2. The molecule has 2 aromatic carbocycles. The van der Waals surface area contributed by atoms with Crippen LogP contribution in [0.1, 0.15) is 95.4 Å². The third kappa shape index (κ3) is 4.11. The van der Waals surface area contributed by atoms with Gasteiger partial charge in [-0.05, 0) is 24.7 Å². The van der Waals surface area contributed by atoms with Gasteiger partial charge in [-0.15, -0.1) is 9.15 Å². The number of aryl methyl sites for hydroxylation is 1. The normalized spacial score (nSPS) is 16.5. The Hall–Kier alpha value is -1.26. The summed E-state index contributed by atoms with van der Waals surface area (Å²) in [5.74, 6) is 1.29. The van der Waals surface area contributed by atoms with Crippen molar-refractivity contribution in [3.63, 3.8) is 0 Å². The summed E-state index contributed by atoms with van der Waals surface area (Å²) in [5, 5.41) is 0. The molecule has 0 atom stereocenters. The third-order valence-electron chi connectivity index (χ3n) is 6.41. The van der Waals surface area contributed by atoms with Gasteiger partial charge >= 0.3 is 3.48 Å². The van der Waals surface area contributed by atoms with E-state index in [9.17, 15) is 0 Å². The zero-order valence-corrected chi connectivity index (χ0v) is 23.5. The number of para-hydroxylation sites is 2. The molecule has 0 aliphatic carbocycles. The van der Waals surface area contributed by atoms with E-state index in [2.05, 4.69) is 140 Å². The summed E-state index contributed by atoms with van der Waals surface area (Å²) in [5.41, 5.74) is 10.5. The molecule has 3 rings (SSSR count). The minimum Gasteiger partial charge on any atom is -0.105 e. The summed E-state index contributed by atoms with van der Waals surface area (Å²) in [6, 6.07) is 13.4. The van der Waals surface area contributed by atoms with Gasteiger partial charge in [0.1, 0.15) is 0 Å². The molecule has 0 N–H and O–H groups in total. The molecule has 0 fully saturated rings. The van der Waals surface area contributed by atoms with Crippen molar-refractivity contribution in [2.75, 3.05) is 0 Å². The third-order valence-corrected chi connectivity index (χ3v) is 7.83. The van der Waals surface area contributed by atoms with E-state index in [1.54, 1.807) is 0 Å². The maximum absolute atomic E-state index is 4.14. The van der Waals surface area contributed by atoms with Gasteiger partial charge in [0, 0.05) is 36.1 Å². The first kappa shape index (κ1) is 24.4. The van der Waals surface area contributed by atoms with Crippen molar-refractivity contribution in [2.45, 2.75) is 83.5 Å². The molecule has 0 radical (unpaired) electrons. The highest BCUT2D eigenvalue weighted by Gasteiger charge is 2.60. The Labute approximate surface area is 205 Å². The van der Waals surface area contributed by atoms with Crippen LogP contribution in [-0.2, 0) is 0 Å². The van der Waals surface area contributed by atoms with Gasteiger partial charge in [0.05, 0.1) is 31.9 Å². The zero-order chi connectivity index (χ0) is 23.2. The Morgan fingerprint density at radius 1 is 0.613 bits per heavy atom. The molecule has 0 amide bonds. The SMILES string of the molecule is CC1=[N+](c2c(C)cccc2C(C)C)C(Br)(Br)[N+](c2c(C(C)C)cccc2C(C)C)=C1C. The second kappa shape index (κ2) is 8.94. The van der Waals surface area contributed by atoms with Crippen LogP contribution in [0.15, 0.2) is 36.4 Å². The topological polar surface area (TPSA) is 6.02 Å². The molecule has 0 spiro atoms. The fraction of sp³-hybridized carbons (Fsp3) is 0.481. The van der Waals surface area contributed by atoms with E-state index in [4.69, 9.17) is 0 Å². The summed E-state index contributed by atoms with van der Waals surface area (Å²) >= 11 is 8.28. The first-order valence-electron chi connectivity index (χ1n) is 11.3. The fourth-order valence-electron chi connectivity index (χ4n) is 4.65. The van der Waals surface area contributed by atoms with Gasteiger partial charge < -0.3 is 0 Å². The quantitative estimate of drug-likeness (QED) is 0.200. The van der Waals surface area contributed by atoms with Gasteiger partial charge in [-0.3, -0.25) is 0 Å².